The van der Waals surface area contributed by atoms with Gasteiger partial charge in [0.05, 0.1) is 10.6 Å². The van der Waals surface area contributed by atoms with Crippen LogP contribution in [0, 0.1) is 6.92 Å². The number of hydrogen-bond acceptors (Lipinski definition) is 4. The summed E-state index contributed by atoms with van der Waals surface area (Å²) in [6.07, 6.45) is 0. The number of anilines is 1. The second-order valence-corrected chi connectivity index (χ2v) is 11.4. The van der Waals surface area contributed by atoms with Crippen LogP contribution < -0.4 is 9.62 Å². The molecule has 0 aliphatic heterocycles. The SMILES string of the molecule is Cc1ccc(S(=O)(=O)N(CC(=O)NCCSCc2ccccc2)c2ccc(C(C)C)cc2)cc1. The third-order valence-electron chi connectivity index (χ3n) is 5.42. The largest absolute Gasteiger partial charge is 0.354 e. The first-order chi connectivity index (χ1) is 16.3. The summed E-state index contributed by atoms with van der Waals surface area (Å²) in [7, 11) is -3.90. The third kappa shape index (κ3) is 7.11. The predicted octanol–water partition coefficient (Wildman–Crippen LogP) is 5.36. The first kappa shape index (κ1) is 25.8. The number of nitrogens with zero attached hydrogens (tertiary/aromatic N) is 1. The molecule has 3 aromatic carbocycles. The Labute approximate surface area is 207 Å². The molecular weight excluding hydrogens is 464 g/mol. The maximum absolute atomic E-state index is 13.5. The zero-order valence-electron chi connectivity index (χ0n) is 19.9. The number of benzene rings is 3. The highest BCUT2D eigenvalue weighted by Crippen LogP contribution is 2.26. The zero-order chi connectivity index (χ0) is 24.6. The van der Waals surface area contributed by atoms with Gasteiger partial charge in [-0.15, -0.1) is 0 Å². The molecule has 7 heteroatoms. The molecule has 3 aromatic rings. The molecule has 0 aliphatic rings. The highest BCUT2D eigenvalue weighted by molar-refractivity contribution is 7.98. The van der Waals surface area contributed by atoms with E-state index in [4.69, 9.17) is 0 Å². The Morgan fingerprint density at radius 1 is 0.941 bits per heavy atom. The summed E-state index contributed by atoms with van der Waals surface area (Å²) in [5.74, 6) is 1.61. The summed E-state index contributed by atoms with van der Waals surface area (Å²) in [5, 5.41) is 2.87. The molecule has 1 amide bonds. The number of thioether (sulfide) groups is 1. The van der Waals surface area contributed by atoms with E-state index in [1.54, 1.807) is 48.2 Å². The molecule has 0 heterocycles. The van der Waals surface area contributed by atoms with Crippen LogP contribution in [0.25, 0.3) is 0 Å². The topological polar surface area (TPSA) is 66.5 Å². The lowest BCUT2D eigenvalue weighted by Crippen LogP contribution is -2.41. The van der Waals surface area contributed by atoms with Gasteiger partial charge in [0.15, 0.2) is 0 Å². The van der Waals surface area contributed by atoms with E-state index >= 15 is 0 Å². The van der Waals surface area contributed by atoms with E-state index in [0.717, 1.165) is 22.6 Å². The Balaban J connectivity index is 1.69. The summed E-state index contributed by atoms with van der Waals surface area (Å²) in [4.78, 5) is 12.9. The molecular formula is C27H32N2O3S2. The Kier molecular flexibility index (Phi) is 9.19. The Hall–Kier alpha value is -2.77. The molecule has 0 bridgehead atoms. The van der Waals surface area contributed by atoms with Crippen molar-refractivity contribution in [3.05, 3.63) is 95.6 Å². The lowest BCUT2D eigenvalue weighted by atomic mass is 10.0. The van der Waals surface area contributed by atoms with Crippen molar-refractivity contribution in [3.63, 3.8) is 0 Å². The molecule has 0 atom stereocenters. The fourth-order valence-corrected chi connectivity index (χ4v) is 5.63. The van der Waals surface area contributed by atoms with E-state index in [2.05, 4.69) is 31.3 Å². The second-order valence-electron chi connectivity index (χ2n) is 8.46. The van der Waals surface area contributed by atoms with Gasteiger partial charge in [-0.2, -0.15) is 11.8 Å². The van der Waals surface area contributed by atoms with Gasteiger partial charge in [-0.1, -0.05) is 74.0 Å². The number of sulfonamides is 1. The molecule has 1 N–H and O–H groups in total. The Morgan fingerprint density at radius 3 is 2.21 bits per heavy atom. The minimum absolute atomic E-state index is 0.164. The summed E-state index contributed by atoms with van der Waals surface area (Å²) < 4.78 is 28.1. The number of nitrogens with one attached hydrogen (secondary N) is 1. The number of hydrogen-bond donors (Lipinski definition) is 1. The lowest BCUT2D eigenvalue weighted by Gasteiger charge is -2.24. The van der Waals surface area contributed by atoms with Gasteiger partial charge in [-0.3, -0.25) is 9.10 Å². The molecule has 3 rings (SSSR count). The monoisotopic (exact) mass is 496 g/mol. The zero-order valence-corrected chi connectivity index (χ0v) is 21.5. The van der Waals surface area contributed by atoms with Crippen LogP contribution in [0.15, 0.2) is 83.8 Å². The van der Waals surface area contributed by atoms with E-state index in [9.17, 15) is 13.2 Å². The number of aryl methyl sites for hydroxylation is 1. The molecule has 0 saturated carbocycles. The Bertz CT molecular complexity index is 1160. The first-order valence-corrected chi connectivity index (χ1v) is 13.9. The highest BCUT2D eigenvalue weighted by Gasteiger charge is 2.27. The van der Waals surface area contributed by atoms with Crippen LogP contribution in [-0.2, 0) is 20.6 Å². The Morgan fingerprint density at radius 2 is 1.59 bits per heavy atom. The number of rotatable bonds is 11. The quantitative estimate of drug-likeness (QED) is 0.363. The van der Waals surface area contributed by atoms with Crippen LogP contribution in [0.1, 0.15) is 36.5 Å². The number of carbonyl (C=O) groups is 1. The average molecular weight is 497 g/mol. The molecule has 0 aromatic heterocycles. The van der Waals surface area contributed by atoms with Gasteiger partial charge in [0, 0.05) is 18.1 Å². The summed E-state index contributed by atoms with van der Waals surface area (Å²) in [6, 6.07) is 24.2. The second kappa shape index (κ2) is 12.1. The van der Waals surface area contributed by atoms with Crippen LogP contribution >= 0.6 is 11.8 Å². The van der Waals surface area contributed by atoms with E-state index in [1.165, 1.54) is 9.87 Å². The molecule has 5 nitrogen and oxygen atoms in total. The van der Waals surface area contributed by atoms with E-state index in [0.29, 0.717) is 18.2 Å². The van der Waals surface area contributed by atoms with Gasteiger partial charge in [0.25, 0.3) is 10.0 Å². The first-order valence-electron chi connectivity index (χ1n) is 11.3. The van der Waals surface area contributed by atoms with Crippen LogP contribution in [-0.4, -0.2) is 33.2 Å². The molecule has 0 unspecified atom stereocenters. The standard InChI is InChI=1S/C27H32N2O3S2/c1-21(2)24-11-13-25(14-12-24)29(34(31,32)26-15-9-22(3)10-16-26)19-27(30)28-17-18-33-20-23-7-5-4-6-8-23/h4-16,21H,17-20H2,1-3H3,(H,28,30). The van der Waals surface area contributed by atoms with Gasteiger partial charge in [0.1, 0.15) is 6.54 Å². The van der Waals surface area contributed by atoms with Crippen molar-refractivity contribution in [2.24, 2.45) is 0 Å². The minimum Gasteiger partial charge on any atom is -0.354 e. The van der Waals surface area contributed by atoms with Crippen LogP contribution in [0.3, 0.4) is 0 Å². The number of carbonyl (C=O) groups excluding carboxylic acids is 1. The van der Waals surface area contributed by atoms with Gasteiger partial charge in [-0.25, -0.2) is 8.42 Å². The van der Waals surface area contributed by atoms with Gasteiger partial charge in [-0.05, 0) is 48.2 Å². The maximum Gasteiger partial charge on any atom is 0.264 e. The minimum atomic E-state index is -3.90. The van der Waals surface area contributed by atoms with E-state index in [1.807, 2.05) is 37.3 Å². The van der Waals surface area contributed by atoms with E-state index < -0.39 is 10.0 Å². The van der Waals surface area contributed by atoms with Gasteiger partial charge >= 0.3 is 0 Å². The third-order valence-corrected chi connectivity index (χ3v) is 8.24. The highest BCUT2D eigenvalue weighted by atomic mass is 32.2. The molecule has 0 radical (unpaired) electrons. The summed E-state index contributed by atoms with van der Waals surface area (Å²) in [6.45, 7) is 6.27. The van der Waals surface area contributed by atoms with Crippen molar-refractivity contribution in [1.29, 1.82) is 0 Å². The van der Waals surface area contributed by atoms with Gasteiger partial charge in [0.2, 0.25) is 5.91 Å². The van der Waals surface area contributed by atoms with Gasteiger partial charge < -0.3 is 5.32 Å². The van der Waals surface area contributed by atoms with Crippen molar-refractivity contribution in [2.45, 2.75) is 37.3 Å². The molecule has 34 heavy (non-hydrogen) atoms. The average Bonchev–Trinajstić information content (AvgIpc) is 2.83. The fraction of sp³-hybridized carbons (Fsp3) is 0.296. The van der Waals surface area contributed by atoms with Crippen LogP contribution in [0.4, 0.5) is 5.69 Å². The summed E-state index contributed by atoms with van der Waals surface area (Å²) >= 11 is 1.73. The smallest absolute Gasteiger partial charge is 0.264 e. The van der Waals surface area contributed by atoms with Crippen molar-refractivity contribution in [3.8, 4) is 0 Å². The molecule has 0 fully saturated rings. The van der Waals surface area contributed by atoms with Crippen molar-refractivity contribution < 1.29 is 13.2 Å². The molecule has 0 spiro atoms. The maximum atomic E-state index is 13.5. The number of amides is 1. The lowest BCUT2D eigenvalue weighted by molar-refractivity contribution is -0.119. The molecule has 0 saturated heterocycles. The molecule has 0 aliphatic carbocycles. The van der Waals surface area contributed by atoms with E-state index in [-0.39, 0.29) is 17.3 Å². The normalized spacial score (nSPS) is 11.4. The van der Waals surface area contributed by atoms with Crippen molar-refractivity contribution in [2.75, 3.05) is 23.1 Å². The van der Waals surface area contributed by atoms with Crippen molar-refractivity contribution >= 4 is 33.4 Å². The van der Waals surface area contributed by atoms with Crippen LogP contribution in [0.5, 0.6) is 0 Å². The molecule has 180 valence electrons. The fourth-order valence-electron chi connectivity index (χ4n) is 3.39. The van der Waals surface area contributed by atoms with Crippen LogP contribution in [0.2, 0.25) is 0 Å². The van der Waals surface area contributed by atoms with Crippen molar-refractivity contribution in [1.82, 2.24) is 5.32 Å². The summed E-state index contributed by atoms with van der Waals surface area (Å²) in [5.41, 5.74) is 3.78. The predicted molar refractivity (Wildman–Crippen MR) is 142 cm³/mol.